The monoisotopic (exact) mass is 453 g/mol. The van der Waals surface area contributed by atoms with Crippen molar-refractivity contribution in [2.45, 2.75) is 72.3 Å². The first-order valence-electron chi connectivity index (χ1n) is 10.0. The van der Waals surface area contributed by atoms with Crippen molar-refractivity contribution in [1.29, 1.82) is 0 Å². The Bertz CT molecular complexity index is 1040. The summed E-state index contributed by atoms with van der Waals surface area (Å²) in [6.45, 7) is 15.0. The van der Waals surface area contributed by atoms with Gasteiger partial charge >= 0.3 is 0 Å². The van der Waals surface area contributed by atoms with E-state index in [4.69, 9.17) is 4.55 Å². The minimum atomic E-state index is -3.67. The average molecular weight is 454 g/mol. The highest BCUT2D eigenvalue weighted by Crippen LogP contribution is 2.39. The van der Waals surface area contributed by atoms with Crippen molar-refractivity contribution in [3.05, 3.63) is 57.0 Å². The smallest absolute Gasteiger partial charge is 0.261 e. The van der Waals surface area contributed by atoms with E-state index in [-0.39, 0.29) is 22.0 Å². The maximum atomic E-state index is 11.5. The fraction of sp³-hybridized carbons (Fsp3) is 0.522. The molecule has 2 aromatic rings. The summed E-state index contributed by atoms with van der Waals surface area (Å²) in [7, 11) is -3.67. The molecule has 1 aromatic carbocycles. The van der Waals surface area contributed by atoms with Gasteiger partial charge < -0.3 is 14.8 Å². The molecule has 174 valence electrons. The number of aryl methyl sites for hydroxylation is 2. The quantitative estimate of drug-likeness (QED) is 0.607. The highest BCUT2D eigenvalue weighted by Gasteiger charge is 2.26. The van der Waals surface area contributed by atoms with E-state index >= 15 is 0 Å². The van der Waals surface area contributed by atoms with Crippen LogP contribution in [0.5, 0.6) is 11.5 Å². The summed E-state index contributed by atoms with van der Waals surface area (Å²) in [5.74, 6) is 0.190. The van der Waals surface area contributed by atoms with Crippen molar-refractivity contribution in [1.82, 2.24) is 4.57 Å². The van der Waals surface area contributed by atoms with Gasteiger partial charge in [-0.25, -0.2) is 0 Å². The van der Waals surface area contributed by atoms with E-state index < -0.39 is 10.1 Å². The number of phenols is 1. The number of benzene rings is 1. The summed E-state index contributed by atoms with van der Waals surface area (Å²) < 4.78 is 27.8. The minimum absolute atomic E-state index is 0.161. The number of phenolic OH excluding ortho intramolecular Hbond substituents is 1. The Balaban J connectivity index is 0.000000861. The molecule has 0 aliphatic heterocycles. The van der Waals surface area contributed by atoms with Crippen LogP contribution in [-0.2, 0) is 33.9 Å². The topological polar surface area (TPSA) is 117 Å². The minimum Gasteiger partial charge on any atom is -0.507 e. The third-order valence-electron chi connectivity index (χ3n) is 4.84. The summed E-state index contributed by atoms with van der Waals surface area (Å²) in [6.07, 6.45) is 3.18. The van der Waals surface area contributed by atoms with Crippen molar-refractivity contribution in [2.75, 3.05) is 6.26 Å². The van der Waals surface area contributed by atoms with E-state index in [0.717, 1.165) is 23.1 Å². The van der Waals surface area contributed by atoms with Gasteiger partial charge in [-0.1, -0.05) is 53.7 Å². The number of pyridine rings is 1. The van der Waals surface area contributed by atoms with Crippen molar-refractivity contribution in [3.63, 3.8) is 0 Å². The van der Waals surface area contributed by atoms with Gasteiger partial charge in [0.15, 0.2) is 5.75 Å². The van der Waals surface area contributed by atoms with Crippen LogP contribution in [-0.4, -0.2) is 34.0 Å². The maximum absolute atomic E-state index is 11.5. The second kappa shape index (κ2) is 9.44. The summed E-state index contributed by atoms with van der Waals surface area (Å²) in [4.78, 5) is 11.5. The Morgan fingerprint density at radius 1 is 0.935 bits per heavy atom. The molecule has 0 saturated carbocycles. The molecule has 0 bridgehead atoms. The van der Waals surface area contributed by atoms with Crippen LogP contribution in [0.3, 0.4) is 0 Å². The summed E-state index contributed by atoms with van der Waals surface area (Å²) >= 11 is 0. The molecule has 2 rings (SSSR count). The second-order valence-corrected chi connectivity index (χ2v) is 11.3. The van der Waals surface area contributed by atoms with Crippen LogP contribution in [0.4, 0.5) is 0 Å². The van der Waals surface area contributed by atoms with Crippen molar-refractivity contribution in [3.8, 4) is 11.5 Å². The Morgan fingerprint density at radius 3 is 1.74 bits per heavy atom. The van der Waals surface area contributed by atoms with Crippen LogP contribution in [0.1, 0.15) is 63.9 Å². The lowest BCUT2D eigenvalue weighted by molar-refractivity contribution is 0.422. The summed E-state index contributed by atoms with van der Waals surface area (Å²) in [5, 5.41) is 20.7. The number of hydrogen-bond donors (Lipinski definition) is 3. The van der Waals surface area contributed by atoms with Gasteiger partial charge in [0.05, 0.1) is 11.9 Å². The molecule has 31 heavy (non-hydrogen) atoms. The van der Waals surface area contributed by atoms with Crippen molar-refractivity contribution < 1.29 is 23.2 Å². The van der Waals surface area contributed by atoms with Crippen molar-refractivity contribution >= 4 is 10.1 Å². The van der Waals surface area contributed by atoms with Gasteiger partial charge in [0.2, 0.25) is 5.43 Å². The van der Waals surface area contributed by atoms with Crippen LogP contribution in [0.2, 0.25) is 0 Å². The Kier molecular flexibility index (Phi) is 8.14. The first-order valence-corrected chi connectivity index (χ1v) is 11.9. The van der Waals surface area contributed by atoms with E-state index in [2.05, 4.69) is 53.7 Å². The molecular weight excluding hydrogens is 418 g/mol. The highest BCUT2D eigenvalue weighted by molar-refractivity contribution is 7.85. The normalized spacial score (nSPS) is 12.3. The Labute approximate surface area is 185 Å². The van der Waals surface area contributed by atoms with Crippen LogP contribution < -0.4 is 5.43 Å². The van der Waals surface area contributed by atoms with Crippen LogP contribution >= 0.6 is 0 Å². The van der Waals surface area contributed by atoms with Gasteiger partial charge in [0, 0.05) is 18.8 Å². The van der Waals surface area contributed by atoms with Gasteiger partial charge in [-0.3, -0.25) is 9.35 Å². The van der Waals surface area contributed by atoms with Crippen LogP contribution in [0, 0.1) is 6.92 Å². The molecule has 0 aliphatic rings. The van der Waals surface area contributed by atoms with E-state index in [1.165, 1.54) is 6.07 Å². The molecule has 0 spiro atoms. The lowest BCUT2D eigenvalue weighted by Gasteiger charge is -2.28. The van der Waals surface area contributed by atoms with Gasteiger partial charge in [-0.05, 0) is 40.9 Å². The lowest BCUT2D eigenvalue weighted by Crippen LogP contribution is -2.18. The molecule has 0 radical (unpaired) electrons. The Hall–Kier alpha value is -2.32. The van der Waals surface area contributed by atoms with Gasteiger partial charge in [0.1, 0.15) is 5.75 Å². The summed E-state index contributed by atoms with van der Waals surface area (Å²) in [6, 6.07) is 5.53. The molecular formula is C23H35NO6S. The first-order chi connectivity index (χ1) is 13.8. The number of nitrogens with zero attached hydrogens (tertiary/aromatic N) is 1. The number of aromatic nitrogens is 1. The highest BCUT2D eigenvalue weighted by atomic mass is 32.2. The molecule has 8 heteroatoms. The second-order valence-electron chi connectivity index (χ2n) is 9.83. The zero-order valence-electron chi connectivity index (χ0n) is 19.6. The fourth-order valence-electron chi connectivity index (χ4n) is 3.14. The lowest BCUT2D eigenvalue weighted by atomic mass is 9.78. The van der Waals surface area contributed by atoms with Gasteiger partial charge in [-0.2, -0.15) is 8.42 Å². The summed E-state index contributed by atoms with van der Waals surface area (Å²) in [5.41, 5.74) is 2.92. The van der Waals surface area contributed by atoms with E-state index in [0.29, 0.717) is 24.2 Å². The van der Waals surface area contributed by atoms with Gasteiger partial charge in [0.25, 0.3) is 10.1 Å². The Morgan fingerprint density at radius 2 is 1.35 bits per heavy atom. The molecule has 0 atom stereocenters. The number of aromatic hydroxyl groups is 2. The van der Waals surface area contributed by atoms with E-state index in [1.54, 1.807) is 13.1 Å². The van der Waals surface area contributed by atoms with Crippen LogP contribution in [0.15, 0.2) is 29.2 Å². The molecule has 0 fully saturated rings. The molecule has 7 nitrogen and oxygen atoms in total. The SMILES string of the molecule is CS(=O)(=O)O.Cc1c(O)c(=O)ccn1CCc1cc(C(C)(C)C)c(O)c(C(C)(C)C)c1. The van der Waals surface area contributed by atoms with Gasteiger partial charge in [-0.15, -0.1) is 0 Å². The molecule has 0 unspecified atom stereocenters. The first kappa shape index (κ1) is 26.7. The average Bonchev–Trinajstić information content (AvgIpc) is 2.56. The standard InChI is InChI=1S/C22H31NO3.CH4O3S/c1-14-19(25)18(24)9-11-23(14)10-8-15-12-16(21(2,3)4)20(26)17(13-15)22(5,6)7;1-5(2,3)4/h9,11-13,25-26H,8,10H2,1-7H3;1H3,(H,2,3,4). The largest absolute Gasteiger partial charge is 0.507 e. The molecule has 0 amide bonds. The van der Waals surface area contributed by atoms with E-state index in [1.807, 2.05) is 4.57 Å². The fourth-order valence-corrected chi connectivity index (χ4v) is 3.14. The number of rotatable bonds is 3. The third kappa shape index (κ3) is 8.03. The maximum Gasteiger partial charge on any atom is 0.261 e. The molecule has 1 heterocycles. The molecule has 0 saturated heterocycles. The predicted molar refractivity (Wildman–Crippen MR) is 124 cm³/mol. The predicted octanol–water partition coefficient (Wildman–Crippen LogP) is 3.91. The van der Waals surface area contributed by atoms with E-state index in [9.17, 15) is 23.4 Å². The number of hydrogen-bond acceptors (Lipinski definition) is 5. The molecule has 0 aliphatic carbocycles. The molecule has 1 aromatic heterocycles. The van der Waals surface area contributed by atoms with Crippen molar-refractivity contribution in [2.24, 2.45) is 0 Å². The third-order valence-corrected chi connectivity index (χ3v) is 4.84. The zero-order valence-corrected chi connectivity index (χ0v) is 20.5. The molecule has 3 N–H and O–H groups in total. The van der Waals surface area contributed by atoms with Crippen LogP contribution in [0.25, 0.3) is 0 Å². The zero-order chi connectivity index (χ0) is 24.4.